The Balaban J connectivity index is 1.60. The van der Waals surface area contributed by atoms with E-state index in [1.54, 1.807) is 0 Å². The Morgan fingerprint density at radius 1 is 1.14 bits per heavy atom. The minimum atomic E-state index is -0.0902. The van der Waals surface area contributed by atoms with E-state index in [0.717, 1.165) is 34.8 Å². The second-order valence-electron chi connectivity index (χ2n) is 5.41. The van der Waals surface area contributed by atoms with Crippen molar-refractivity contribution in [2.24, 2.45) is 0 Å². The lowest BCUT2D eigenvalue weighted by molar-refractivity contribution is 0.0952. The fraction of sp³-hybridized carbons (Fsp3) is 0.353. The van der Waals surface area contributed by atoms with Crippen molar-refractivity contribution in [3.05, 3.63) is 46.4 Å². The Kier molecular flexibility index (Phi) is 3.79. The van der Waals surface area contributed by atoms with Gasteiger partial charge < -0.3 is 19.2 Å². The third-order valence-electron chi connectivity index (χ3n) is 3.92. The van der Waals surface area contributed by atoms with Crippen LogP contribution in [0.5, 0.6) is 11.5 Å². The van der Waals surface area contributed by atoms with Gasteiger partial charge in [0.05, 0.1) is 5.56 Å². The summed E-state index contributed by atoms with van der Waals surface area (Å²) in [7, 11) is 0. The molecule has 2 heterocycles. The largest absolute Gasteiger partial charge is 0.466 e. The van der Waals surface area contributed by atoms with E-state index in [2.05, 4.69) is 5.32 Å². The molecule has 116 valence electrons. The summed E-state index contributed by atoms with van der Waals surface area (Å²) in [5.41, 5.74) is 2.64. The van der Waals surface area contributed by atoms with E-state index < -0.39 is 0 Å². The van der Waals surface area contributed by atoms with E-state index in [-0.39, 0.29) is 12.7 Å². The Morgan fingerprint density at radius 2 is 1.91 bits per heavy atom. The van der Waals surface area contributed by atoms with Crippen LogP contribution in [0.15, 0.2) is 22.6 Å². The van der Waals surface area contributed by atoms with Gasteiger partial charge in [0.2, 0.25) is 6.79 Å². The molecule has 1 amide bonds. The van der Waals surface area contributed by atoms with Gasteiger partial charge in [-0.2, -0.15) is 0 Å². The van der Waals surface area contributed by atoms with Gasteiger partial charge >= 0.3 is 0 Å². The van der Waals surface area contributed by atoms with E-state index in [1.165, 1.54) is 0 Å². The number of aryl methyl sites for hydroxylation is 2. The van der Waals surface area contributed by atoms with Crippen molar-refractivity contribution in [2.75, 3.05) is 13.3 Å². The molecule has 1 aliphatic rings. The SMILES string of the molecule is Cc1oc(C)c(C(=O)NCCc2ccc3c(c2)OCO3)c1C. The number of carbonyl (C=O) groups excluding carboxylic acids is 1. The van der Waals surface area contributed by atoms with Crippen LogP contribution < -0.4 is 14.8 Å². The molecule has 22 heavy (non-hydrogen) atoms. The molecule has 2 aromatic rings. The number of benzene rings is 1. The van der Waals surface area contributed by atoms with Gasteiger partial charge in [0, 0.05) is 12.1 Å². The fourth-order valence-electron chi connectivity index (χ4n) is 2.63. The number of amides is 1. The lowest BCUT2D eigenvalue weighted by atomic mass is 10.1. The van der Waals surface area contributed by atoms with Gasteiger partial charge in [-0.05, 0) is 44.9 Å². The first kappa shape index (κ1) is 14.5. The lowest BCUT2D eigenvalue weighted by Gasteiger charge is -2.06. The monoisotopic (exact) mass is 301 g/mol. The maximum absolute atomic E-state index is 12.3. The molecule has 0 atom stereocenters. The van der Waals surface area contributed by atoms with Crippen LogP contribution in [0.3, 0.4) is 0 Å². The average molecular weight is 301 g/mol. The molecule has 1 aromatic carbocycles. The third-order valence-corrected chi connectivity index (χ3v) is 3.92. The van der Waals surface area contributed by atoms with E-state index in [0.29, 0.717) is 17.9 Å². The van der Waals surface area contributed by atoms with Crippen molar-refractivity contribution >= 4 is 5.91 Å². The van der Waals surface area contributed by atoms with Crippen LogP contribution in [0.2, 0.25) is 0 Å². The topological polar surface area (TPSA) is 60.7 Å². The highest BCUT2D eigenvalue weighted by Crippen LogP contribution is 2.32. The van der Waals surface area contributed by atoms with Crippen LogP contribution in [0.4, 0.5) is 0 Å². The molecule has 0 radical (unpaired) electrons. The molecule has 1 aliphatic heterocycles. The molecule has 0 spiro atoms. The summed E-state index contributed by atoms with van der Waals surface area (Å²) in [5, 5.41) is 2.94. The van der Waals surface area contributed by atoms with Gasteiger partial charge in [0.25, 0.3) is 5.91 Å². The Labute approximate surface area is 129 Å². The molecule has 3 rings (SSSR count). The molecule has 0 aliphatic carbocycles. The molecule has 1 aromatic heterocycles. The first-order valence-corrected chi connectivity index (χ1v) is 7.29. The molecule has 0 saturated carbocycles. The zero-order valence-corrected chi connectivity index (χ0v) is 13.0. The van der Waals surface area contributed by atoms with Crippen molar-refractivity contribution in [3.63, 3.8) is 0 Å². The van der Waals surface area contributed by atoms with E-state index in [1.807, 2.05) is 39.0 Å². The van der Waals surface area contributed by atoms with Crippen molar-refractivity contribution in [2.45, 2.75) is 27.2 Å². The molecule has 5 heteroatoms. The Hall–Kier alpha value is -2.43. The smallest absolute Gasteiger partial charge is 0.255 e. The van der Waals surface area contributed by atoms with Crippen molar-refractivity contribution < 1.29 is 18.7 Å². The number of furan rings is 1. The predicted molar refractivity (Wildman–Crippen MR) is 81.5 cm³/mol. The highest BCUT2D eigenvalue weighted by atomic mass is 16.7. The van der Waals surface area contributed by atoms with Crippen LogP contribution in [-0.2, 0) is 6.42 Å². The average Bonchev–Trinajstić information content (AvgIpc) is 3.03. The van der Waals surface area contributed by atoms with Crippen molar-refractivity contribution in [1.29, 1.82) is 0 Å². The molecule has 0 fully saturated rings. The first-order chi connectivity index (χ1) is 10.6. The van der Waals surface area contributed by atoms with Crippen LogP contribution in [0.1, 0.15) is 33.0 Å². The van der Waals surface area contributed by atoms with Crippen molar-refractivity contribution in [1.82, 2.24) is 5.32 Å². The van der Waals surface area contributed by atoms with Crippen LogP contribution in [0.25, 0.3) is 0 Å². The van der Waals surface area contributed by atoms with Gasteiger partial charge in [-0.15, -0.1) is 0 Å². The maximum Gasteiger partial charge on any atom is 0.255 e. The summed E-state index contributed by atoms with van der Waals surface area (Å²) < 4.78 is 16.1. The van der Waals surface area contributed by atoms with E-state index in [9.17, 15) is 4.79 Å². The molecule has 1 N–H and O–H groups in total. The van der Waals surface area contributed by atoms with Crippen LogP contribution >= 0.6 is 0 Å². The van der Waals surface area contributed by atoms with Gasteiger partial charge in [0.15, 0.2) is 11.5 Å². The molecule has 0 bridgehead atoms. The summed E-state index contributed by atoms with van der Waals surface area (Å²) >= 11 is 0. The normalized spacial score (nSPS) is 12.5. The number of rotatable bonds is 4. The summed E-state index contributed by atoms with van der Waals surface area (Å²) in [6, 6.07) is 5.83. The van der Waals surface area contributed by atoms with Crippen molar-refractivity contribution in [3.8, 4) is 11.5 Å². The minimum absolute atomic E-state index is 0.0902. The maximum atomic E-state index is 12.3. The fourth-order valence-corrected chi connectivity index (χ4v) is 2.63. The van der Waals surface area contributed by atoms with E-state index >= 15 is 0 Å². The number of ether oxygens (including phenoxy) is 2. The Morgan fingerprint density at radius 3 is 2.64 bits per heavy atom. The predicted octanol–water partition coefficient (Wildman–Crippen LogP) is 2.91. The van der Waals surface area contributed by atoms with Crippen LogP contribution in [-0.4, -0.2) is 19.2 Å². The number of fused-ring (bicyclic) bond motifs is 1. The van der Waals surface area contributed by atoms with Crippen LogP contribution in [0, 0.1) is 20.8 Å². The molecule has 0 unspecified atom stereocenters. The summed E-state index contributed by atoms with van der Waals surface area (Å²) in [4.78, 5) is 12.3. The summed E-state index contributed by atoms with van der Waals surface area (Å²) in [6.07, 6.45) is 0.733. The second-order valence-corrected chi connectivity index (χ2v) is 5.41. The molecule has 0 saturated heterocycles. The highest BCUT2D eigenvalue weighted by molar-refractivity contribution is 5.96. The van der Waals surface area contributed by atoms with E-state index in [4.69, 9.17) is 13.9 Å². The number of carbonyl (C=O) groups is 1. The third kappa shape index (κ3) is 2.66. The first-order valence-electron chi connectivity index (χ1n) is 7.29. The molecular formula is C17H19NO4. The quantitative estimate of drug-likeness (QED) is 0.943. The standard InChI is InChI=1S/C17H19NO4/c1-10-11(2)22-12(3)16(10)17(19)18-7-6-13-4-5-14-15(8-13)21-9-20-14/h4-5,8H,6-7,9H2,1-3H3,(H,18,19). The van der Waals surface area contributed by atoms with Gasteiger partial charge in [-0.1, -0.05) is 6.07 Å². The minimum Gasteiger partial charge on any atom is -0.466 e. The number of nitrogens with one attached hydrogen (secondary N) is 1. The Bertz CT molecular complexity index is 718. The second kappa shape index (κ2) is 5.75. The zero-order chi connectivity index (χ0) is 15.7. The van der Waals surface area contributed by atoms with Gasteiger partial charge in [0.1, 0.15) is 11.5 Å². The van der Waals surface area contributed by atoms with Gasteiger partial charge in [-0.3, -0.25) is 4.79 Å². The molecular weight excluding hydrogens is 282 g/mol. The number of hydrogen-bond acceptors (Lipinski definition) is 4. The summed E-state index contributed by atoms with van der Waals surface area (Å²) in [5.74, 6) is 2.90. The zero-order valence-electron chi connectivity index (χ0n) is 13.0. The lowest BCUT2D eigenvalue weighted by Crippen LogP contribution is -2.26. The molecule has 5 nitrogen and oxygen atoms in total. The summed E-state index contributed by atoms with van der Waals surface area (Å²) in [6.45, 7) is 6.41. The number of hydrogen-bond donors (Lipinski definition) is 1. The van der Waals surface area contributed by atoms with Gasteiger partial charge in [-0.25, -0.2) is 0 Å². The highest BCUT2D eigenvalue weighted by Gasteiger charge is 2.18.